The highest BCUT2D eigenvalue weighted by molar-refractivity contribution is 5.81. The van der Waals surface area contributed by atoms with Crippen molar-refractivity contribution in [2.75, 3.05) is 19.7 Å². The Balaban J connectivity index is 1.98. The van der Waals surface area contributed by atoms with Gasteiger partial charge in [0.15, 0.2) is 0 Å². The van der Waals surface area contributed by atoms with Crippen LogP contribution in [0.2, 0.25) is 0 Å². The van der Waals surface area contributed by atoms with Crippen molar-refractivity contribution in [3.05, 3.63) is 35.9 Å². The van der Waals surface area contributed by atoms with Crippen molar-refractivity contribution >= 4 is 11.8 Å². The van der Waals surface area contributed by atoms with Crippen molar-refractivity contribution < 1.29 is 14.7 Å². The average Bonchev–Trinajstić information content (AvgIpc) is 2.53. The molecule has 21 heavy (non-hydrogen) atoms. The second-order valence-corrected chi connectivity index (χ2v) is 5.46. The Kier molecular flexibility index (Phi) is 5.33. The maximum atomic E-state index is 12.3. The summed E-state index contributed by atoms with van der Waals surface area (Å²) in [6.07, 6.45) is 1.62. The minimum absolute atomic E-state index is 0.00858. The standard InChI is InChI=1S/C16H22N2O3/c1-12(20)18-9-5-8-14(10-18)16(21)17-15(11-19)13-6-3-2-4-7-13/h2-4,6-7,14-15,19H,5,8-11H2,1H3,(H,17,21)/t14?,15-/m0/s1. The first kappa shape index (κ1) is 15.5. The Morgan fingerprint density at radius 3 is 2.71 bits per heavy atom. The number of carbonyl (C=O) groups is 2. The number of amides is 2. The molecule has 1 saturated heterocycles. The third-order valence-corrected chi connectivity index (χ3v) is 3.94. The van der Waals surface area contributed by atoms with Gasteiger partial charge in [-0.1, -0.05) is 30.3 Å². The van der Waals surface area contributed by atoms with Crippen LogP contribution in [0.5, 0.6) is 0 Å². The minimum atomic E-state index is -0.397. The molecule has 1 aliphatic heterocycles. The Hall–Kier alpha value is -1.88. The van der Waals surface area contributed by atoms with Crippen LogP contribution in [0.25, 0.3) is 0 Å². The molecular weight excluding hydrogens is 268 g/mol. The Morgan fingerprint density at radius 1 is 1.38 bits per heavy atom. The summed E-state index contributed by atoms with van der Waals surface area (Å²) >= 11 is 0. The van der Waals surface area contributed by atoms with Crippen LogP contribution in [0.4, 0.5) is 0 Å². The molecule has 0 radical (unpaired) electrons. The highest BCUT2D eigenvalue weighted by Gasteiger charge is 2.28. The molecule has 2 rings (SSSR count). The number of hydrogen-bond donors (Lipinski definition) is 2. The van der Waals surface area contributed by atoms with Crippen molar-refractivity contribution in [1.82, 2.24) is 10.2 Å². The first-order valence-corrected chi connectivity index (χ1v) is 7.33. The summed E-state index contributed by atoms with van der Waals surface area (Å²) in [6.45, 7) is 2.58. The maximum absolute atomic E-state index is 12.3. The average molecular weight is 290 g/mol. The summed E-state index contributed by atoms with van der Waals surface area (Å²) in [5.41, 5.74) is 0.882. The molecule has 1 aromatic rings. The van der Waals surface area contributed by atoms with Gasteiger partial charge in [0.1, 0.15) is 0 Å². The molecule has 0 aromatic heterocycles. The van der Waals surface area contributed by atoms with Crippen LogP contribution in [-0.4, -0.2) is 41.5 Å². The summed E-state index contributed by atoms with van der Waals surface area (Å²) in [5, 5.41) is 12.4. The number of nitrogens with one attached hydrogen (secondary N) is 1. The summed E-state index contributed by atoms with van der Waals surface area (Å²) in [5.74, 6) is -0.279. The fourth-order valence-corrected chi connectivity index (χ4v) is 2.69. The fourth-order valence-electron chi connectivity index (χ4n) is 2.69. The molecule has 0 spiro atoms. The van der Waals surface area contributed by atoms with Gasteiger partial charge in [-0.3, -0.25) is 9.59 Å². The van der Waals surface area contributed by atoms with Crippen molar-refractivity contribution in [1.29, 1.82) is 0 Å². The van der Waals surface area contributed by atoms with Gasteiger partial charge in [-0.2, -0.15) is 0 Å². The van der Waals surface area contributed by atoms with Gasteiger partial charge in [0, 0.05) is 20.0 Å². The minimum Gasteiger partial charge on any atom is -0.394 e. The van der Waals surface area contributed by atoms with Gasteiger partial charge in [0.2, 0.25) is 11.8 Å². The van der Waals surface area contributed by atoms with E-state index >= 15 is 0 Å². The lowest BCUT2D eigenvalue weighted by Gasteiger charge is -2.32. The van der Waals surface area contributed by atoms with Crippen LogP contribution in [0, 0.1) is 5.92 Å². The van der Waals surface area contributed by atoms with Crippen molar-refractivity contribution in [3.63, 3.8) is 0 Å². The van der Waals surface area contributed by atoms with E-state index in [9.17, 15) is 14.7 Å². The van der Waals surface area contributed by atoms with Gasteiger partial charge in [-0.15, -0.1) is 0 Å². The van der Waals surface area contributed by atoms with Crippen LogP contribution in [0.15, 0.2) is 30.3 Å². The van der Waals surface area contributed by atoms with E-state index in [0.717, 1.165) is 24.9 Å². The van der Waals surface area contributed by atoms with Gasteiger partial charge in [0.05, 0.1) is 18.6 Å². The van der Waals surface area contributed by atoms with Gasteiger partial charge in [-0.05, 0) is 18.4 Å². The second kappa shape index (κ2) is 7.22. The number of aliphatic hydroxyl groups excluding tert-OH is 1. The van der Waals surface area contributed by atoms with Crippen LogP contribution in [-0.2, 0) is 9.59 Å². The number of likely N-dealkylation sites (tertiary alicyclic amines) is 1. The number of carbonyl (C=O) groups excluding carboxylic acids is 2. The van der Waals surface area contributed by atoms with Crippen LogP contribution >= 0.6 is 0 Å². The molecule has 1 aliphatic rings. The lowest BCUT2D eigenvalue weighted by Crippen LogP contribution is -2.45. The molecule has 2 atom stereocenters. The number of rotatable bonds is 4. The molecule has 2 amide bonds. The van der Waals surface area contributed by atoms with E-state index in [-0.39, 0.29) is 24.3 Å². The lowest BCUT2D eigenvalue weighted by molar-refractivity contribution is -0.134. The lowest BCUT2D eigenvalue weighted by atomic mass is 9.96. The van der Waals surface area contributed by atoms with E-state index in [0.29, 0.717) is 6.54 Å². The van der Waals surface area contributed by atoms with E-state index in [1.54, 1.807) is 4.90 Å². The molecule has 2 N–H and O–H groups in total. The summed E-state index contributed by atoms with van der Waals surface area (Å²) in [6, 6.07) is 9.01. The van der Waals surface area contributed by atoms with Gasteiger partial charge >= 0.3 is 0 Å². The number of aliphatic hydroxyl groups is 1. The molecule has 5 nitrogen and oxygen atoms in total. The predicted molar refractivity (Wildman–Crippen MR) is 79.4 cm³/mol. The molecule has 1 heterocycles. The van der Waals surface area contributed by atoms with Crippen molar-refractivity contribution in [3.8, 4) is 0 Å². The van der Waals surface area contributed by atoms with E-state index < -0.39 is 6.04 Å². The summed E-state index contributed by atoms with van der Waals surface area (Å²) in [4.78, 5) is 25.5. The van der Waals surface area contributed by atoms with E-state index in [1.807, 2.05) is 30.3 Å². The molecule has 0 aliphatic carbocycles. The topological polar surface area (TPSA) is 69.6 Å². The highest BCUT2D eigenvalue weighted by Crippen LogP contribution is 2.19. The largest absolute Gasteiger partial charge is 0.394 e. The zero-order valence-corrected chi connectivity index (χ0v) is 12.3. The molecule has 1 unspecified atom stereocenters. The van der Waals surface area contributed by atoms with E-state index in [1.165, 1.54) is 6.92 Å². The molecule has 5 heteroatoms. The van der Waals surface area contributed by atoms with E-state index in [2.05, 4.69) is 5.32 Å². The molecule has 0 saturated carbocycles. The normalized spacial score (nSPS) is 19.9. The number of benzene rings is 1. The van der Waals surface area contributed by atoms with Gasteiger partial charge < -0.3 is 15.3 Å². The van der Waals surface area contributed by atoms with Gasteiger partial charge in [-0.25, -0.2) is 0 Å². The molecule has 1 fully saturated rings. The Labute approximate surface area is 125 Å². The number of piperidine rings is 1. The fraction of sp³-hybridized carbons (Fsp3) is 0.500. The smallest absolute Gasteiger partial charge is 0.225 e. The highest BCUT2D eigenvalue weighted by atomic mass is 16.3. The Morgan fingerprint density at radius 2 is 2.10 bits per heavy atom. The summed E-state index contributed by atoms with van der Waals surface area (Å²) in [7, 11) is 0. The first-order valence-electron chi connectivity index (χ1n) is 7.33. The number of hydrogen-bond acceptors (Lipinski definition) is 3. The van der Waals surface area contributed by atoms with Crippen molar-refractivity contribution in [2.24, 2.45) is 5.92 Å². The number of nitrogens with zero attached hydrogens (tertiary/aromatic N) is 1. The second-order valence-electron chi connectivity index (χ2n) is 5.46. The third kappa shape index (κ3) is 4.04. The molecular formula is C16H22N2O3. The van der Waals surface area contributed by atoms with Gasteiger partial charge in [0.25, 0.3) is 0 Å². The molecule has 1 aromatic carbocycles. The first-order chi connectivity index (χ1) is 10.1. The zero-order chi connectivity index (χ0) is 15.2. The third-order valence-electron chi connectivity index (χ3n) is 3.94. The molecule has 114 valence electrons. The van der Waals surface area contributed by atoms with E-state index in [4.69, 9.17) is 0 Å². The SMILES string of the molecule is CC(=O)N1CCCC(C(=O)N[C@@H](CO)c2ccccc2)C1. The van der Waals surface area contributed by atoms with Crippen LogP contribution < -0.4 is 5.32 Å². The quantitative estimate of drug-likeness (QED) is 0.872. The summed E-state index contributed by atoms with van der Waals surface area (Å²) < 4.78 is 0. The van der Waals surface area contributed by atoms with Crippen molar-refractivity contribution in [2.45, 2.75) is 25.8 Å². The maximum Gasteiger partial charge on any atom is 0.225 e. The van der Waals surface area contributed by atoms with Crippen LogP contribution in [0.3, 0.4) is 0 Å². The Bertz CT molecular complexity index is 490. The predicted octanol–water partition coefficient (Wildman–Crippen LogP) is 1.09. The molecule has 0 bridgehead atoms. The zero-order valence-electron chi connectivity index (χ0n) is 12.3. The van der Waals surface area contributed by atoms with Crippen LogP contribution in [0.1, 0.15) is 31.4 Å². The monoisotopic (exact) mass is 290 g/mol.